The Kier molecular flexibility index (Phi) is 4.77. The van der Waals surface area contributed by atoms with Crippen LogP contribution in [0.1, 0.15) is 45.4 Å². The van der Waals surface area contributed by atoms with Gasteiger partial charge in [0.25, 0.3) is 0 Å². The van der Waals surface area contributed by atoms with Gasteiger partial charge in [-0.05, 0) is 25.2 Å². The molecule has 2 rings (SSSR count). The lowest BCUT2D eigenvalue weighted by Gasteiger charge is -2.30. The van der Waals surface area contributed by atoms with Crippen LogP contribution in [-0.4, -0.2) is 23.1 Å². The standard InChI is InChI=1S/C14H23N3/c1-2-10-17(14-11-15-8-9-16-14)12-13-6-4-3-5-7-13/h8-9,11,13H,2-7,10,12H2,1H3. The lowest BCUT2D eigenvalue weighted by atomic mass is 9.89. The normalized spacial score (nSPS) is 17.0. The first kappa shape index (κ1) is 12.3. The van der Waals surface area contributed by atoms with E-state index in [1.807, 2.05) is 6.20 Å². The topological polar surface area (TPSA) is 29.0 Å². The van der Waals surface area contributed by atoms with Gasteiger partial charge in [0, 0.05) is 25.5 Å². The summed E-state index contributed by atoms with van der Waals surface area (Å²) >= 11 is 0. The Morgan fingerprint density at radius 2 is 2.06 bits per heavy atom. The lowest BCUT2D eigenvalue weighted by Crippen LogP contribution is -2.32. The van der Waals surface area contributed by atoms with Gasteiger partial charge < -0.3 is 4.90 Å². The third-order valence-electron chi connectivity index (χ3n) is 3.57. The second-order valence-electron chi connectivity index (χ2n) is 5.01. The van der Waals surface area contributed by atoms with Crippen molar-refractivity contribution >= 4 is 5.82 Å². The molecule has 0 N–H and O–H groups in total. The first-order chi connectivity index (χ1) is 8.40. The fourth-order valence-corrected chi connectivity index (χ4v) is 2.71. The van der Waals surface area contributed by atoms with Crippen molar-refractivity contribution in [1.29, 1.82) is 0 Å². The Balaban J connectivity index is 1.96. The van der Waals surface area contributed by atoms with E-state index in [9.17, 15) is 0 Å². The molecule has 3 nitrogen and oxygen atoms in total. The minimum absolute atomic E-state index is 0.859. The quantitative estimate of drug-likeness (QED) is 0.781. The molecule has 0 bridgehead atoms. The molecule has 0 aromatic carbocycles. The fraction of sp³-hybridized carbons (Fsp3) is 0.714. The molecule has 1 heterocycles. The molecule has 1 saturated carbocycles. The molecule has 0 amide bonds. The maximum absolute atomic E-state index is 4.43. The van der Waals surface area contributed by atoms with Gasteiger partial charge in [0.2, 0.25) is 0 Å². The van der Waals surface area contributed by atoms with Gasteiger partial charge in [-0.3, -0.25) is 4.98 Å². The van der Waals surface area contributed by atoms with Crippen LogP contribution in [0.25, 0.3) is 0 Å². The molecule has 0 saturated heterocycles. The molecule has 1 aromatic rings. The Labute approximate surface area is 104 Å². The van der Waals surface area contributed by atoms with Crippen molar-refractivity contribution in [2.75, 3.05) is 18.0 Å². The van der Waals surface area contributed by atoms with E-state index in [0.29, 0.717) is 0 Å². The van der Waals surface area contributed by atoms with Gasteiger partial charge in [-0.1, -0.05) is 26.2 Å². The predicted molar refractivity (Wildman–Crippen MR) is 71.1 cm³/mol. The van der Waals surface area contributed by atoms with E-state index in [0.717, 1.165) is 24.8 Å². The van der Waals surface area contributed by atoms with E-state index in [1.165, 1.54) is 38.5 Å². The van der Waals surface area contributed by atoms with Crippen LogP contribution in [0.3, 0.4) is 0 Å². The molecule has 94 valence electrons. The van der Waals surface area contributed by atoms with Gasteiger partial charge in [0.1, 0.15) is 5.82 Å². The first-order valence-electron chi connectivity index (χ1n) is 6.91. The molecule has 1 fully saturated rings. The van der Waals surface area contributed by atoms with Crippen LogP contribution < -0.4 is 4.90 Å². The van der Waals surface area contributed by atoms with Gasteiger partial charge in [-0.15, -0.1) is 0 Å². The Morgan fingerprint density at radius 3 is 2.71 bits per heavy atom. The van der Waals surface area contributed by atoms with Crippen molar-refractivity contribution < 1.29 is 0 Å². The van der Waals surface area contributed by atoms with E-state index in [2.05, 4.69) is 21.8 Å². The van der Waals surface area contributed by atoms with E-state index in [-0.39, 0.29) is 0 Å². The summed E-state index contributed by atoms with van der Waals surface area (Å²) in [4.78, 5) is 11.0. The van der Waals surface area contributed by atoms with E-state index in [1.54, 1.807) is 12.4 Å². The van der Waals surface area contributed by atoms with Crippen LogP contribution >= 0.6 is 0 Å². The van der Waals surface area contributed by atoms with Crippen LogP contribution in [0, 0.1) is 5.92 Å². The SMILES string of the molecule is CCCN(CC1CCCCC1)c1cnccn1. The number of hydrogen-bond donors (Lipinski definition) is 0. The molecule has 1 aromatic heterocycles. The highest BCUT2D eigenvalue weighted by Crippen LogP contribution is 2.25. The van der Waals surface area contributed by atoms with Gasteiger partial charge >= 0.3 is 0 Å². The van der Waals surface area contributed by atoms with Gasteiger partial charge in [0.05, 0.1) is 6.20 Å². The maximum atomic E-state index is 4.43. The number of hydrogen-bond acceptors (Lipinski definition) is 3. The molecule has 3 heteroatoms. The largest absolute Gasteiger partial charge is 0.355 e. The molecule has 0 spiro atoms. The third kappa shape index (κ3) is 3.69. The van der Waals surface area contributed by atoms with Crippen LogP contribution in [0.5, 0.6) is 0 Å². The van der Waals surface area contributed by atoms with Crippen molar-refractivity contribution in [2.45, 2.75) is 45.4 Å². The molecule has 0 radical (unpaired) electrons. The number of nitrogens with zero attached hydrogens (tertiary/aromatic N) is 3. The van der Waals surface area contributed by atoms with Crippen LogP contribution in [-0.2, 0) is 0 Å². The summed E-state index contributed by atoms with van der Waals surface area (Å²) in [5, 5.41) is 0. The summed E-state index contributed by atoms with van der Waals surface area (Å²) in [5.41, 5.74) is 0. The number of rotatable bonds is 5. The highest BCUT2D eigenvalue weighted by molar-refractivity contribution is 5.34. The van der Waals surface area contributed by atoms with Gasteiger partial charge in [0.15, 0.2) is 0 Å². The van der Waals surface area contributed by atoms with E-state index < -0.39 is 0 Å². The summed E-state index contributed by atoms with van der Waals surface area (Å²) in [5.74, 6) is 1.90. The second-order valence-corrected chi connectivity index (χ2v) is 5.01. The minimum Gasteiger partial charge on any atom is -0.355 e. The lowest BCUT2D eigenvalue weighted by molar-refractivity contribution is 0.357. The van der Waals surface area contributed by atoms with Crippen molar-refractivity contribution in [2.24, 2.45) is 5.92 Å². The maximum Gasteiger partial charge on any atom is 0.147 e. The Hall–Kier alpha value is -1.12. The van der Waals surface area contributed by atoms with Gasteiger partial charge in [-0.2, -0.15) is 0 Å². The highest BCUT2D eigenvalue weighted by atomic mass is 15.2. The van der Waals surface area contributed by atoms with Crippen LogP contribution in [0.2, 0.25) is 0 Å². The predicted octanol–water partition coefficient (Wildman–Crippen LogP) is 3.27. The average molecular weight is 233 g/mol. The molecular formula is C14H23N3. The van der Waals surface area contributed by atoms with Crippen molar-refractivity contribution in [3.8, 4) is 0 Å². The first-order valence-corrected chi connectivity index (χ1v) is 6.91. The monoisotopic (exact) mass is 233 g/mol. The third-order valence-corrected chi connectivity index (χ3v) is 3.57. The summed E-state index contributed by atoms with van der Waals surface area (Å²) in [6.07, 6.45) is 13.6. The molecular weight excluding hydrogens is 210 g/mol. The summed E-state index contributed by atoms with van der Waals surface area (Å²) in [6, 6.07) is 0. The number of aromatic nitrogens is 2. The smallest absolute Gasteiger partial charge is 0.147 e. The van der Waals surface area contributed by atoms with Crippen molar-refractivity contribution in [3.63, 3.8) is 0 Å². The molecule has 0 atom stereocenters. The van der Waals surface area contributed by atoms with E-state index in [4.69, 9.17) is 0 Å². The molecule has 1 aliphatic carbocycles. The van der Waals surface area contributed by atoms with Crippen LogP contribution in [0.15, 0.2) is 18.6 Å². The highest BCUT2D eigenvalue weighted by Gasteiger charge is 2.17. The summed E-state index contributed by atoms with van der Waals surface area (Å²) < 4.78 is 0. The van der Waals surface area contributed by atoms with Crippen LogP contribution in [0.4, 0.5) is 5.82 Å². The van der Waals surface area contributed by atoms with Crippen molar-refractivity contribution in [3.05, 3.63) is 18.6 Å². The second kappa shape index (κ2) is 6.58. The zero-order valence-corrected chi connectivity index (χ0v) is 10.8. The summed E-state index contributed by atoms with van der Waals surface area (Å²) in [6.45, 7) is 4.48. The Bertz CT molecular complexity index is 307. The fourth-order valence-electron chi connectivity index (χ4n) is 2.71. The number of anilines is 1. The zero-order valence-electron chi connectivity index (χ0n) is 10.8. The van der Waals surface area contributed by atoms with Crippen molar-refractivity contribution in [1.82, 2.24) is 9.97 Å². The minimum atomic E-state index is 0.859. The summed E-state index contributed by atoms with van der Waals surface area (Å²) in [7, 11) is 0. The van der Waals surface area contributed by atoms with Gasteiger partial charge in [-0.25, -0.2) is 4.98 Å². The molecule has 0 aliphatic heterocycles. The molecule has 0 unspecified atom stereocenters. The van der Waals surface area contributed by atoms with E-state index >= 15 is 0 Å². The molecule has 17 heavy (non-hydrogen) atoms. The Morgan fingerprint density at radius 1 is 1.24 bits per heavy atom. The zero-order chi connectivity index (χ0) is 11.9. The molecule has 1 aliphatic rings. The average Bonchev–Trinajstić information content (AvgIpc) is 2.40.